The number of benzene rings is 2. The molecule has 0 aromatic heterocycles. The van der Waals surface area contributed by atoms with E-state index in [1.54, 1.807) is 0 Å². The minimum Gasteiger partial charge on any atom is -0.321 e. The van der Waals surface area contributed by atoms with Crippen LogP contribution in [0.3, 0.4) is 0 Å². The second-order valence-electron chi connectivity index (χ2n) is 5.01. The van der Waals surface area contributed by atoms with Crippen LogP contribution in [0.15, 0.2) is 41.3 Å². The Balaban J connectivity index is 2.39. The molecule has 0 bridgehead atoms. The molecule has 0 aliphatic rings. The Labute approximate surface area is 149 Å². The lowest BCUT2D eigenvalue weighted by atomic mass is 10.2. The summed E-state index contributed by atoms with van der Waals surface area (Å²) in [5, 5.41) is 2.56. The fourth-order valence-corrected chi connectivity index (χ4v) is 3.18. The number of anilines is 1. The molecule has 0 unspecified atom stereocenters. The number of nitrogens with zero attached hydrogens (tertiary/aromatic N) is 1. The largest absolute Gasteiger partial charge is 0.321 e. The molecule has 2 rings (SSSR count). The van der Waals surface area contributed by atoms with Crippen molar-refractivity contribution in [3.05, 3.63) is 57.8 Å². The Kier molecular flexibility index (Phi) is 5.49. The van der Waals surface area contributed by atoms with Gasteiger partial charge < -0.3 is 5.32 Å². The molecule has 1 amide bonds. The first kappa shape index (κ1) is 18.7. The SMILES string of the molecule is CN(C)S(=O)(=O)c1ccc(Cl)c(C(=O)Nc2ccc(F)cc2Cl)c1. The van der Waals surface area contributed by atoms with E-state index in [1.807, 2.05) is 0 Å². The van der Waals surface area contributed by atoms with E-state index in [0.29, 0.717) is 0 Å². The van der Waals surface area contributed by atoms with Gasteiger partial charge in [-0.25, -0.2) is 17.1 Å². The van der Waals surface area contributed by atoms with Crippen molar-refractivity contribution in [2.75, 3.05) is 19.4 Å². The number of sulfonamides is 1. The molecule has 0 radical (unpaired) electrons. The number of carbonyl (C=O) groups excluding carboxylic acids is 1. The van der Waals surface area contributed by atoms with E-state index in [9.17, 15) is 17.6 Å². The van der Waals surface area contributed by atoms with Gasteiger partial charge in [0.05, 0.1) is 26.2 Å². The molecule has 2 aromatic rings. The summed E-state index contributed by atoms with van der Waals surface area (Å²) in [6.45, 7) is 0. The molecule has 0 aliphatic carbocycles. The summed E-state index contributed by atoms with van der Waals surface area (Å²) in [6.07, 6.45) is 0. The summed E-state index contributed by atoms with van der Waals surface area (Å²) in [4.78, 5) is 12.3. The highest BCUT2D eigenvalue weighted by atomic mass is 35.5. The Hall–Kier alpha value is -1.67. The molecule has 9 heteroatoms. The van der Waals surface area contributed by atoms with Gasteiger partial charge in [-0.1, -0.05) is 23.2 Å². The third-order valence-electron chi connectivity index (χ3n) is 3.14. The van der Waals surface area contributed by atoms with Gasteiger partial charge in [-0.2, -0.15) is 0 Å². The van der Waals surface area contributed by atoms with Crippen molar-refractivity contribution in [2.45, 2.75) is 4.90 Å². The van der Waals surface area contributed by atoms with Crippen molar-refractivity contribution < 1.29 is 17.6 Å². The topological polar surface area (TPSA) is 66.5 Å². The summed E-state index contributed by atoms with van der Waals surface area (Å²) in [7, 11) is -0.963. The van der Waals surface area contributed by atoms with Gasteiger partial charge in [-0.15, -0.1) is 0 Å². The van der Waals surface area contributed by atoms with Crippen LogP contribution >= 0.6 is 23.2 Å². The molecule has 5 nitrogen and oxygen atoms in total. The number of hydrogen-bond acceptors (Lipinski definition) is 3. The highest BCUT2D eigenvalue weighted by Crippen LogP contribution is 2.26. The van der Waals surface area contributed by atoms with Crippen LogP contribution in [-0.4, -0.2) is 32.7 Å². The second kappa shape index (κ2) is 7.06. The lowest BCUT2D eigenvalue weighted by molar-refractivity contribution is 0.102. The van der Waals surface area contributed by atoms with Crippen LogP contribution < -0.4 is 5.32 Å². The van der Waals surface area contributed by atoms with E-state index in [-0.39, 0.29) is 26.2 Å². The van der Waals surface area contributed by atoms with Gasteiger partial charge in [0, 0.05) is 14.1 Å². The van der Waals surface area contributed by atoms with E-state index in [1.165, 1.54) is 38.4 Å². The summed E-state index contributed by atoms with van der Waals surface area (Å²) in [5.74, 6) is -1.21. The van der Waals surface area contributed by atoms with Crippen LogP contribution in [0.25, 0.3) is 0 Å². The first-order valence-corrected chi connectivity index (χ1v) is 8.81. The number of amides is 1. The third kappa shape index (κ3) is 3.87. The van der Waals surface area contributed by atoms with Crippen molar-refractivity contribution in [3.63, 3.8) is 0 Å². The average Bonchev–Trinajstić information content (AvgIpc) is 2.50. The average molecular weight is 391 g/mol. The molecule has 0 saturated carbocycles. The van der Waals surface area contributed by atoms with E-state index in [0.717, 1.165) is 16.4 Å². The lowest BCUT2D eigenvalue weighted by Gasteiger charge is -2.13. The molecule has 24 heavy (non-hydrogen) atoms. The van der Waals surface area contributed by atoms with Crippen molar-refractivity contribution in [2.24, 2.45) is 0 Å². The fourth-order valence-electron chi connectivity index (χ4n) is 1.83. The van der Waals surface area contributed by atoms with Crippen LogP contribution in [0.1, 0.15) is 10.4 Å². The van der Waals surface area contributed by atoms with Crippen LogP contribution in [0.2, 0.25) is 10.0 Å². The zero-order valence-corrected chi connectivity index (χ0v) is 15.0. The monoisotopic (exact) mass is 390 g/mol. The summed E-state index contributed by atoms with van der Waals surface area (Å²) in [6, 6.07) is 7.27. The summed E-state index contributed by atoms with van der Waals surface area (Å²) >= 11 is 11.8. The Morgan fingerprint density at radius 2 is 1.75 bits per heavy atom. The van der Waals surface area contributed by atoms with Crippen molar-refractivity contribution in [1.82, 2.24) is 4.31 Å². The van der Waals surface area contributed by atoms with Crippen LogP contribution in [0.5, 0.6) is 0 Å². The Bertz CT molecular complexity index is 902. The molecule has 0 saturated heterocycles. The van der Waals surface area contributed by atoms with E-state index in [4.69, 9.17) is 23.2 Å². The predicted octanol–water partition coefficient (Wildman–Crippen LogP) is 3.64. The van der Waals surface area contributed by atoms with Crippen molar-refractivity contribution >= 4 is 44.8 Å². The minimum absolute atomic E-state index is 0.0107. The van der Waals surface area contributed by atoms with Gasteiger partial charge in [0.25, 0.3) is 5.91 Å². The number of carbonyl (C=O) groups is 1. The standard InChI is InChI=1S/C15H13Cl2FN2O3S/c1-20(2)24(22,23)10-4-5-12(16)11(8-10)15(21)19-14-6-3-9(18)7-13(14)17/h3-8H,1-2H3,(H,19,21). The lowest BCUT2D eigenvalue weighted by Crippen LogP contribution is -2.23. The molecule has 0 spiro atoms. The minimum atomic E-state index is -3.72. The molecule has 128 valence electrons. The van der Waals surface area contributed by atoms with E-state index >= 15 is 0 Å². The number of hydrogen-bond donors (Lipinski definition) is 1. The van der Waals surface area contributed by atoms with Gasteiger partial charge in [0.15, 0.2) is 0 Å². The van der Waals surface area contributed by atoms with Gasteiger partial charge in [-0.05, 0) is 36.4 Å². The van der Waals surface area contributed by atoms with Crippen LogP contribution in [-0.2, 0) is 10.0 Å². The van der Waals surface area contributed by atoms with Gasteiger partial charge in [0.1, 0.15) is 5.82 Å². The first-order valence-electron chi connectivity index (χ1n) is 6.61. The zero-order valence-electron chi connectivity index (χ0n) is 12.7. The van der Waals surface area contributed by atoms with Crippen molar-refractivity contribution in [1.29, 1.82) is 0 Å². The molecule has 0 aliphatic heterocycles. The van der Waals surface area contributed by atoms with Gasteiger partial charge >= 0.3 is 0 Å². The van der Waals surface area contributed by atoms with E-state index in [2.05, 4.69) is 5.32 Å². The maximum Gasteiger partial charge on any atom is 0.257 e. The van der Waals surface area contributed by atoms with E-state index < -0.39 is 21.7 Å². The predicted molar refractivity (Wildman–Crippen MR) is 91.7 cm³/mol. The maximum absolute atomic E-state index is 13.0. The molecule has 0 heterocycles. The number of halogens is 3. The molecule has 1 N–H and O–H groups in total. The highest BCUT2D eigenvalue weighted by molar-refractivity contribution is 7.89. The molecule has 0 atom stereocenters. The summed E-state index contributed by atoms with van der Waals surface area (Å²) < 4.78 is 38.4. The van der Waals surface area contributed by atoms with Crippen molar-refractivity contribution in [3.8, 4) is 0 Å². The molecular weight excluding hydrogens is 378 g/mol. The maximum atomic E-state index is 13.0. The highest BCUT2D eigenvalue weighted by Gasteiger charge is 2.21. The molecular formula is C15H13Cl2FN2O3S. The first-order chi connectivity index (χ1) is 11.1. The fraction of sp³-hybridized carbons (Fsp3) is 0.133. The number of nitrogens with one attached hydrogen (secondary N) is 1. The second-order valence-corrected chi connectivity index (χ2v) is 7.97. The Morgan fingerprint density at radius 1 is 1.08 bits per heavy atom. The van der Waals surface area contributed by atoms with Gasteiger partial charge in [-0.3, -0.25) is 4.79 Å². The zero-order chi connectivity index (χ0) is 18.1. The quantitative estimate of drug-likeness (QED) is 0.866. The molecule has 2 aromatic carbocycles. The number of rotatable bonds is 4. The normalized spacial score (nSPS) is 11.6. The van der Waals surface area contributed by atoms with Crippen LogP contribution in [0.4, 0.5) is 10.1 Å². The molecule has 0 fully saturated rings. The van der Waals surface area contributed by atoms with Gasteiger partial charge in [0.2, 0.25) is 10.0 Å². The third-order valence-corrected chi connectivity index (χ3v) is 5.59. The Morgan fingerprint density at radius 3 is 2.33 bits per heavy atom. The van der Waals surface area contributed by atoms with Crippen LogP contribution in [0, 0.1) is 5.82 Å². The summed E-state index contributed by atoms with van der Waals surface area (Å²) in [5.41, 5.74) is 0.139. The smallest absolute Gasteiger partial charge is 0.257 e.